The molecule has 5 heteroatoms. The lowest BCUT2D eigenvalue weighted by Gasteiger charge is -2.24. The summed E-state index contributed by atoms with van der Waals surface area (Å²) in [6.45, 7) is 3.04. The maximum atomic E-state index is 13.2. The Balaban J connectivity index is 1.65. The van der Waals surface area contributed by atoms with E-state index < -0.39 is 12.0 Å². The lowest BCUT2D eigenvalue weighted by Crippen LogP contribution is -2.43. The number of benzene rings is 2. The third-order valence-corrected chi connectivity index (χ3v) is 6.01. The van der Waals surface area contributed by atoms with Crippen molar-refractivity contribution in [3.8, 4) is 16.9 Å². The smallest absolute Gasteiger partial charge is 0.326 e. The highest BCUT2D eigenvalue weighted by atomic mass is 16.5. The van der Waals surface area contributed by atoms with E-state index in [1.807, 2.05) is 49.4 Å². The number of carbonyl (C=O) groups is 2. The van der Waals surface area contributed by atoms with Gasteiger partial charge in [0.15, 0.2) is 0 Å². The third-order valence-electron chi connectivity index (χ3n) is 6.01. The van der Waals surface area contributed by atoms with Gasteiger partial charge in [-0.2, -0.15) is 0 Å². The summed E-state index contributed by atoms with van der Waals surface area (Å²) < 4.78 is 5.72. The number of aliphatic carboxylic acids is 1. The van der Waals surface area contributed by atoms with Crippen molar-refractivity contribution in [1.82, 2.24) is 4.90 Å². The molecule has 146 valence electrons. The van der Waals surface area contributed by atoms with E-state index in [2.05, 4.69) is 0 Å². The Bertz CT molecular complexity index is 894. The number of carbonyl (C=O) groups excluding carboxylic acids is 1. The van der Waals surface area contributed by atoms with Crippen molar-refractivity contribution in [1.29, 1.82) is 0 Å². The average molecular weight is 379 g/mol. The van der Waals surface area contributed by atoms with Crippen LogP contribution >= 0.6 is 0 Å². The summed E-state index contributed by atoms with van der Waals surface area (Å²) in [7, 11) is 0. The molecule has 2 aromatic carbocycles. The van der Waals surface area contributed by atoms with Crippen LogP contribution in [0.1, 0.15) is 36.5 Å². The normalized spacial score (nSPS) is 23.5. The molecule has 0 bridgehead atoms. The van der Waals surface area contributed by atoms with Crippen LogP contribution in [0.4, 0.5) is 0 Å². The number of fused-ring (bicyclic) bond motifs is 1. The molecule has 5 nitrogen and oxygen atoms in total. The van der Waals surface area contributed by atoms with E-state index in [1.54, 1.807) is 11.0 Å². The SMILES string of the molecule is CCOc1ccccc1-c1cccc(C(=O)N2CC3CCCC3C2C(=O)O)c1. The van der Waals surface area contributed by atoms with E-state index >= 15 is 0 Å². The Hall–Kier alpha value is -2.82. The van der Waals surface area contributed by atoms with Gasteiger partial charge >= 0.3 is 5.97 Å². The molecular formula is C23H25NO4. The van der Waals surface area contributed by atoms with Gasteiger partial charge in [0, 0.05) is 17.7 Å². The number of hydrogen-bond donors (Lipinski definition) is 1. The Morgan fingerprint density at radius 2 is 1.96 bits per heavy atom. The Kier molecular flexibility index (Phi) is 5.07. The van der Waals surface area contributed by atoms with Crippen molar-refractivity contribution in [3.05, 3.63) is 54.1 Å². The van der Waals surface area contributed by atoms with Gasteiger partial charge in [0.1, 0.15) is 11.8 Å². The van der Waals surface area contributed by atoms with E-state index in [9.17, 15) is 14.7 Å². The fourth-order valence-electron chi connectivity index (χ4n) is 4.80. The first kappa shape index (κ1) is 18.5. The number of amides is 1. The minimum absolute atomic E-state index is 0.0864. The molecule has 0 radical (unpaired) electrons. The number of nitrogens with zero attached hydrogens (tertiary/aromatic N) is 1. The molecule has 2 aliphatic rings. The molecule has 2 fully saturated rings. The molecule has 4 rings (SSSR count). The topological polar surface area (TPSA) is 66.8 Å². The fraction of sp³-hybridized carbons (Fsp3) is 0.391. The number of carboxylic acid groups (broad SMARTS) is 1. The lowest BCUT2D eigenvalue weighted by molar-refractivity contribution is -0.142. The predicted octanol–water partition coefficient (Wildman–Crippen LogP) is 4.08. The second-order valence-corrected chi connectivity index (χ2v) is 7.61. The lowest BCUT2D eigenvalue weighted by atomic mass is 9.94. The van der Waals surface area contributed by atoms with Crippen LogP contribution in [0.2, 0.25) is 0 Å². The molecular weight excluding hydrogens is 354 g/mol. The molecule has 3 atom stereocenters. The Labute approximate surface area is 164 Å². The number of rotatable bonds is 5. The van der Waals surface area contributed by atoms with Crippen molar-refractivity contribution < 1.29 is 19.4 Å². The monoisotopic (exact) mass is 379 g/mol. The molecule has 1 aliphatic carbocycles. The molecule has 0 spiro atoms. The van der Waals surface area contributed by atoms with Gasteiger partial charge in [-0.05, 0) is 55.4 Å². The summed E-state index contributed by atoms with van der Waals surface area (Å²) in [5.74, 6) is 0.0853. The van der Waals surface area contributed by atoms with Crippen LogP contribution in [0.5, 0.6) is 5.75 Å². The molecule has 2 aromatic rings. The largest absolute Gasteiger partial charge is 0.493 e. The van der Waals surface area contributed by atoms with E-state index in [4.69, 9.17) is 4.74 Å². The van der Waals surface area contributed by atoms with Gasteiger partial charge in [-0.15, -0.1) is 0 Å². The summed E-state index contributed by atoms with van der Waals surface area (Å²) in [5.41, 5.74) is 2.34. The molecule has 1 saturated carbocycles. The first-order chi connectivity index (χ1) is 13.6. The molecule has 1 N–H and O–H groups in total. The van der Waals surface area contributed by atoms with Gasteiger partial charge in [-0.1, -0.05) is 36.8 Å². The predicted molar refractivity (Wildman–Crippen MR) is 106 cm³/mol. The number of para-hydroxylation sites is 1. The van der Waals surface area contributed by atoms with E-state index in [1.165, 1.54) is 0 Å². The average Bonchev–Trinajstić information content (AvgIpc) is 3.29. The first-order valence-electron chi connectivity index (χ1n) is 9.96. The molecule has 28 heavy (non-hydrogen) atoms. The van der Waals surface area contributed by atoms with Gasteiger partial charge in [-0.3, -0.25) is 4.79 Å². The highest BCUT2D eigenvalue weighted by Gasteiger charge is 2.49. The van der Waals surface area contributed by atoms with E-state index in [-0.39, 0.29) is 11.8 Å². The molecule has 1 aliphatic heterocycles. The van der Waals surface area contributed by atoms with Crippen molar-refractivity contribution >= 4 is 11.9 Å². The van der Waals surface area contributed by atoms with Crippen LogP contribution < -0.4 is 4.74 Å². The standard InChI is InChI=1S/C23H25NO4/c1-2-28-20-12-4-3-10-18(20)15-7-5-8-16(13-15)22(25)24-14-17-9-6-11-19(17)21(24)23(26)27/h3-5,7-8,10,12-13,17,19,21H,2,6,9,11,14H2,1H3,(H,26,27). The Morgan fingerprint density at radius 3 is 2.75 bits per heavy atom. The summed E-state index contributed by atoms with van der Waals surface area (Å²) in [4.78, 5) is 26.7. The minimum Gasteiger partial charge on any atom is -0.493 e. The van der Waals surface area contributed by atoms with Gasteiger partial charge in [-0.25, -0.2) is 4.79 Å². The second-order valence-electron chi connectivity index (χ2n) is 7.61. The van der Waals surface area contributed by atoms with Crippen LogP contribution in [-0.2, 0) is 4.79 Å². The zero-order chi connectivity index (χ0) is 19.7. The molecule has 1 heterocycles. The van der Waals surface area contributed by atoms with Gasteiger partial charge < -0.3 is 14.7 Å². The Morgan fingerprint density at radius 1 is 1.14 bits per heavy atom. The van der Waals surface area contributed by atoms with Crippen LogP contribution in [0, 0.1) is 11.8 Å². The zero-order valence-corrected chi connectivity index (χ0v) is 16.0. The molecule has 3 unspecified atom stereocenters. The van der Waals surface area contributed by atoms with E-state index in [0.717, 1.165) is 36.1 Å². The van der Waals surface area contributed by atoms with Crippen LogP contribution in [0.3, 0.4) is 0 Å². The second kappa shape index (κ2) is 7.66. The fourth-order valence-corrected chi connectivity index (χ4v) is 4.80. The maximum Gasteiger partial charge on any atom is 0.326 e. The van der Waals surface area contributed by atoms with E-state index in [0.29, 0.717) is 24.6 Å². The highest BCUT2D eigenvalue weighted by Crippen LogP contribution is 2.43. The van der Waals surface area contributed by atoms with Crippen LogP contribution in [0.15, 0.2) is 48.5 Å². The molecule has 1 amide bonds. The number of likely N-dealkylation sites (tertiary alicyclic amines) is 1. The minimum atomic E-state index is -0.888. The van der Waals surface area contributed by atoms with Crippen LogP contribution in [0.25, 0.3) is 11.1 Å². The number of ether oxygens (including phenoxy) is 1. The number of carboxylic acids is 1. The van der Waals surface area contributed by atoms with Crippen molar-refractivity contribution in [2.75, 3.05) is 13.2 Å². The summed E-state index contributed by atoms with van der Waals surface area (Å²) >= 11 is 0. The maximum absolute atomic E-state index is 13.2. The van der Waals surface area contributed by atoms with Crippen molar-refractivity contribution in [2.45, 2.75) is 32.2 Å². The summed E-state index contributed by atoms with van der Waals surface area (Å²) in [6, 6.07) is 14.4. The molecule has 0 aromatic heterocycles. The number of hydrogen-bond acceptors (Lipinski definition) is 3. The molecule has 1 saturated heterocycles. The van der Waals surface area contributed by atoms with Crippen LogP contribution in [-0.4, -0.2) is 41.1 Å². The van der Waals surface area contributed by atoms with Crippen molar-refractivity contribution in [2.24, 2.45) is 11.8 Å². The summed E-state index contributed by atoms with van der Waals surface area (Å²) in [5, 5.41) is 9.74. The quantitative estimate of drug-likeness (QED) is 0.850. The summed E-state index contributed by atoms with van der Waals surface area (Å²) in [6.07, 6.45) is 2.97. The van der Waals surface area contributed by atoms with Gasteiger partial charge in [0.2, 0.25) is 0 Å². The first-order valence-corrected chi connectivity index (χ1v) is 9.96. The zero-order valence-electron chi connectivity index (χ0n) is 16.0. The van der Waals surface area contributed by atoms with Gasteiger partial charge in [0.05, 0.1) is 6.61 Å². The highest BCUT2D eigenvalue weighted by molar-refractivity contribution is 5.98. The van der Waals surface area contributed by atoms with Gasteiger partial charge in [0.25, 0.3) is 5.91 Å². The third kappa shape index (κ3) is 3.26. The van der Waals surface area contributed by atoms with Crippen molar-refractivity contribution in [3.63, 3.8) is 0 Å².